The van der Waals surface area contributed by atoms with Gasteiger partial charge in [0.15, 0.2) is 0 Å². The Kier molecular flexibility index (Phi) is 4.37. The molecule has 1 saturated heterocycles. The summed E-state index contributed by atoms with van der Waals surface area (Å²) in [5.74, 6) is 0. The van der Waals surface area contributed by atoms with Gasteiger partial charge in [0.05, 0.1) is 0 Å². The first-order chi connectivity index (χ1) is 8.70. The fourth-order valence-corrected chi connectivity index (χ4v) is 2.44. The Bertz CT molecular complexity index is 378. The van der Waals surface area contributed by atoms with Crippen LogP contribution in [0.4, 0.5) is 5.69 Å². The van der Waals surface area contributed by atoms with Crippen molar-refractivity contribution in [3.05, 3.63) is 29.8 Å². The van der Waals surface area contributed by atoms with Gasteiger partial charge in [-0.3, -0.25) is 4.90 Å². The topological polar surface area (TPSA) is 23.6 Å². The van der Waals surface area contributed by atoms with E-state index in [9.17, 15) is 4.79 Å². The van der Waals surface area contributed by atoms with E-state index in [2.05, 4.69) is 47.9 Å². The second kappa shape index (κ2) is 6.01. The van der Waals surface area contributed by atoms with Gasteiger partial charge >= 0.3 is 0 Å². The Morgan fingerprint density at radius 2 is 1.72 bits per heavy atom. The monoisotopic (exact) mass is 246 g/mol. The molecule has 0 spiro atoms. The van der Waals surface area contributed by atoms with E-state index in [1.165, 1.54) is 5.69 Å². The number of hydrogen-bond acceptors (Lipinski definition) is 3. The fourth-order valence-electron chi connectivity index (χ4n) is 2.44. The molecule has 2 rings (SSSR count). The molecule has 0 radical (unpaired) electrons. The van der Waals surface area contributed by atoms with E-state index in [1.54, 1.807) is 0 Å². The van der Waals surface area contributed by atoms with E-state index in [0.29, 0.717) is 12.5 Å². The van der Waals surface area contributed by atoms with Gasteiger partial charge in [-0.2, -0.15) is 0 Å². The number of rotatable bonds is 4. The normalized spacial score (nSPS) is 17.2. The van der Waals surface area contributed by atoms with Crippen LogP contribution >= 0.6 is 0 Å². The minimum Gasteiger partial charge on any atom is -0.369 e. The molecular weight excluding hydrogens is 224 g/mol. The van der Waals surface area contributed by atoms with Crippen LogP contribution in [0.5, 0.6) is 0 Å². The summed E-state index contributed by atoms with van der Waals surface area (Å²) in [7, 11) is 0. The smallest absolute Gasteiger partial charge is 0.124 e. The molecule has 0 aromatic heterocycles. The van der Waals surface area contributed by atoms with E-state index in [1.807, 2.05) is 0 Å². The van der Waals surface area contributed by atoms with Crippen molar-refractivity contribution in [1.29, 1.82) is 0 Å². The molecule has 3 nitrogen and oxygen atoms in total. The number of benzene rings is 1. The van der Waals surface area contributed by atoms with Crippen molar-refractivity contribution < 1.29 is 4.79 Å². The lowest BCUT2D eigenvalue weighted by Gasteiger charge is -2.38. The van der Waals surface area contributed by atoms with Gasteiger partial charge in [0.1, 0.15) is 6.29 Å². The van der Waals surface area contributed by atoms with Gasteiger partial charge in [-0.1, -0.05) is 12.1 Å². The first-order valence-electron chi connectivity index (χ1n) is 6.72. The average Bonchev–Trinajstić information content (AvgIpc) is 2.40. The maximum absolute atomic E-state index is 10.4. The number of hydrogen-bond donors (Lipinski definition) is 0. The third kappa shape index (κ3) is 3.10. The summed E-state index contributed by atoms with van der Waals surface area (Å²) in [5, 5.41) is 0. The first kappa shape index (κ1) is 13.1. The number of carbonyl (C=O) groups is 1. The molecule has 0 N–H and O–H groups in total. The third-order valence-electron chi connectivity index (χ3n) is 3.67. The number of carbonyl (C=O) groups excluding carboxylic acids is 1. The van der Waals surface area contributed by atoms with E-state index in [4.69, 9.17) is 0 Å². The van der Waals surface area contributed by atoms with Crippen LogP contribution < -0.4 is 4.90 Å². The molecule has 1 aromatic carbocycles. The largest absolute Gasteiger partial charge is 0.369 e. The van der Waals surface area contributed by atoms with Crippen molar-refractivity contribution in [2.24, 2.45) is 0 Å². The summed E-state index contributed by atoms with van der Waals surface area (Å²) in [4.78, 5) is 15.4. The maximum Gasteiger partial charge on any atom is 0.124 e. The highest BCUT2D eigenvalue weighted by molar-refractivity contribution is 5.57. The Morgan fingerprint density at radius 1 is 1.11 bits per heavy atom. The van der Waals surface area contributed by atoms with Crippen LogP contribution in [0.1, 0.15) is 19.4 Å². The summed E-state index contributed by atoms with van der Waals surface area (Å²) in [5.41, 5.74) is 2.36. The summed E-state index contributed by atoms with van der Waals surface area (Å²) in [6, 6.07) is 9.01. The van der Waals surface area contributed by atoms with Gasteiger partial charge < -0.3 is 9.69 Å². The second-order valence-corrected chi connectivity index (χ2v) is 5.15. The first-order valence-corrected chi connectivity index (χ1v) is 6.72. The lowest BCUT2D eigenvalue weighted by molar-refractivity contribution is -0.107. The number of anilines is 1. The summed E-state index contributed by atoms with van der Waals surface area (Å²) >= 11 is 0. The third-order valence-corrected chi connectivity index (χ3v) is 3.67. The van der Waals surface area contributed by atoms with Crippen molar-refractivity contribution in [2.75, 3.05) is 31.1 Å². The van der Waals surface area contributed by atoms with Crippen LogP contribution in [0.15, 0.2) is 24.3 Å². The van der Waals surface area contributed by atoms with Crippen LogP contribution in [-0.4, -0.2) is 43.4 Å². The molecule has 1 aromatic rings. The number of aldehydes is 1. The Morgan fingerprint density at radius 3 is 2.22 bits per heavy atom. The van der Waals surface area contributed by atoms with Gasteiger partial charge in [-0.25, -0.2) is 0 Å². The highest BCUT2D eigenvalue weighted by atomic mass is 16.1. The van der Waals surface area contributed by atoms with Gasteiger partial charge in [0, 0.05) is 44.3 Å². The molecule has 0 unspecified atom stereocenters. The fraction of sp³-hybridized carbons (Fsp3) is 0.533. The summed E-state index contributed by atoms with van der Waals surface area (Å²) in [6.45, 7) is 8.95. The van der Waals surface area contributed by atoms with E-state index in [0.717, 1.165) is 38.0 Å². The molecule has 0 aliphatic carbocycles. The molecule has 0 bridgehead atoms. The number of nitrogens with zero attached hydrogens (tertiary/aromatic N) is 2. The van der Waals surface area contributed by atoms with Gasteiger partial charge in [-0.15, -0.1) is 0 Å². The summed E-state index contributed by atoms with van der Waals surface area (Å²) in [6.07, 6.45) is 1.47. The molecule has 1 aliphatic rings. The van der Waals surface area contributed by atoms with Crippen LogP contribution in [-0.2, 0) is 11.2 Å². The quantitative estimate of drug-likeness (QED) is 0.759. The van der Waals surface area contributed by atoms with Crippen molar-refractivity contribution >= 4 is 12.0 Å². The van der Waals surface area contributed by atoms with Crippen molar-refractivity contribution in [1.82, 2.24) is 4.90 Å². The van der Waals surface area contributed by atoms with Crippen molar-refractivity contribution in [3.8, 4) is 0 Å². The zero-order valence-corrected chi connectivity index (χ0v) is 11.3. The van der Waals surface area contributed by atoms with E-state index < -0.39 is 0 Å². The lowest BCUT2D eigenvalue weighted by Crippen LogP contribution is -2.48. The average molecular weight is 246 g/mol. The molecule has 1 heterocycles. The molecule has 1 aliphatic heterocycles. The predicted molar refractivity (Wildman–Crippen MR) is 75.1 cm³/mol. The second-order valence-electron chi connectivity index (χ2n) is 5.15. The Hall–Kier alpha value is -1.35. The molecule has 98 valence electrons. The SMILES string of the molecule is CC(C)N1CCN(c2ccc(CC=O)cc2)CC1. The maximum atomic E-state index is 10.4. The molecule has 0 saturated carbocycles. The minimum atomic E-state index is 0.515. The van der Waals surface area contributed by atoms with Crippen LogP contribution in [0, 0.1) is 0 Å². The van der Waals surface area contributed by atoms with Crippen LogP contribution in [0.2, 0.25) is 0 Å². The lowest BCUT2D eigenvalue weighted by atomic mass is 10.1. The molecule has 0 amide bonds. The zero-order valence-electron chi connectivity index (χ0n) is 11.3. The van der Waals surface area contributed by atoms with Gasteiger partial charge in [0.25, 0.3) is 0 Å². The molecule has 3 heteroatoms. The van der Waals surface area contributed by atoms with E-state index in [-0.39, 0.29) is 0 Å². The molecule has 1 fully saturated rings. The highest BCUT2D eigenvalue weighted by Gasteiger charge is 2.18. The van der Waals surface area contributed by atoms with Crippen molar-refractivity contribution in [2.45, 2.75) is 26.3 Å². The van der Waals surface area contributed by atoms with Crippen molar-refractivity contribution in [3.63, 3.8) is 0 Å². The molecular formula is C15H22N2O. The number of piperazine rings is 1. The Labute approximate surface area is 109 Å². The van der Waals surface area contributed by atoms with E-state index >= 15 is 0 Å². The highest BCUT2D eigenvalue weighted by Crippen LogP contribution is 2.18. The standard InChI is InChI=1S/C15H22N2O/c1-13(2)16-8-10-17(11-9-16)15-5-3-14(4-6-15)7-12-18/h3-6,12-13H,7-11H2,1-2H3. The molecule has 18 heavy (non-hydrogen) atoms. The van der Waals surface area contributed by atoms with Crippen LogP contribution in [0.25, 0.3) is 0 Å². The molecule has 0 atom stereocenters. The van der Waals surface area contributed by atoms with Gasteiger partial charge in [0.2, 0.25) is 0 Å². The van der Waals surface area contributed by atoms with Gasteiger partial charge in [-0.05, 0) is 31.5 Å². The Balaban J connectivity index is 1.94. The predicted octanol–water partition coefficient (Wildman–Crippen LogP) is 1.96. The minimum absolute atomic E-state index is 0.515. The zero-order chi connectivity index (χ0) is 13.0. The van der Waals surface area contributed by atoms with Crippen LogP contribution in [0.3, 0.4) is 0 Å². The summed E-state index contributed by atoms with van der Waals surface area (Å²) < 4.78 is 0.